The van der Waals surface area contributed by atoms with Gasteiger partial charge in [-0.15, -0.1) is 0 Å². The lowest BCUT2D eigenvalue weighted by Gasteiger charge is -2.36. The third-order valence-corrected chi connectivity index (χ3v) is 6.38. The van der Waals surface area contributed by atoms with Gasteiger partial charge in [-0.25, -0.2) is 13.1 Å². The molecule has 0 radical (unpaired) electrons. The first-order chi connectivity index (χ1) is 13.0. The predicted molar refractivity (Wildman–Crippen MR) is 108 cm³/mol. The highest BCUT2D eigenvalue weighted by atomic mass is 35.5. The molecule has 8 heteroatoms. The summed E-state index contributed by atoms with van der Waals surface area (Å²) in [5, 5.41) is 0.517. The molecule has 1 aliphatic heterocycles. The molecule has 0 aliphatic carbocycles. The topological polar surface area (TPSA) is 61.9 Å². The van der Waals surface area contributed by atoms with Crippen molar-refractivity contribution in [1.82, 2.24) is 9.62 Å². The van der Waals surface area contributed by atoms with E-state index in [1.54, 1.807) is 19.2 Å². The van der Waals surface area contributed by atoms with E-state index in [9.17, 15) is 8.42 Å². The first kappa shape index (κ1) is 19.9. The van der Waals surface area contributed by atoms with Crippen molar-refractivity contribution in [2.75, 3.05) is 51.3 Å². The Morgan fingerprint density at radius 1 is 1.00 bits per heavy atom. The zero-order valence-corrected chi connectivity index (χ0v) is 16.8. The lowest BCUT2D eigenvalue weighted by molar-refractivity contribution is 0.262. The predicted octanol–water partition coefficient (Wildman–Crippen LogP) is 2.45. The van der Waals surface area contributed by atoms with Gasteiger partial charge in [0.15, 0.2) is 0 Å². The molecular weight excluding hydrogens is 386 g/mol. The maximum atomic E-state index is 12.3. The Labute approximate surface area is 165 Å². The number of halogens is 1. The molecule has 27 heavy (non-hydrogen) atoms. The molecule has 146 valence electrons. The van der Waals surface area contributed by atoms with Gasteiger partial charge >= 0.3 is 0 Å². The van der Waals surface area contributed by atoms with Crippen molar-refractivity contribution < 1.29 is 13.2 Å². The number of piperazine rings is 1. The number of methoxy groups -OCH3 is 1. The van der Waals surface area contributed by atoms with Gasteiger partial charge in [0.05, 0.1) is 12.0 Å². The first-order valence-electron chi connectivity index (χ1n) is 8.84. The van der Waals surface area contributed by atoms with Gasteiger partial charge in [0.1, 0.15) is 5.75 Å². The van der Waals surface area contributed by atoms with Crippen LogP contribution in [0.15, 0.2) is 53.4 Å². The summed E-state index contributed by atoms with van der Waals surface area (Å²) in [7, 11) is -1.83. The number of benzene rings is 2. The zero-order chi connectivity index (χ0) is 19.3. The lowest BCUT2D eigenvalue weighted by atomic mass is 10.2. The molecule has 0 bridgehead atoms. The van der Waals surface area contributed by atoms with Crippen LogP contribution < -0.4 is 14.4 Å². The van der Waals surface area contributed by atoms with Gasteiger partial charge in [-0.3, -0.25) is 4.90 Å². The molecule has 2 aromatic carbocycles. The summed E-state index contributed by atoms with van der Waals surface area (Å²) in [6, 6.07) is 14.2. The molecule has 1 N–H and O–H groups in total. The van der Waals surface area contributed by atoms with Gasteiger partial charge in [0.2, 0.25) is 10.0 Å². The molecule has 0 aromatic heterocycles. The first-order valence-corrected chi connectivity index (χ1v) is 10.7. The molecule has 2 aromatic rings. The quantitative estimate of drug-likeness (QED) is 0.761. The Kier molecular flexibility index (Phi) is 6.59. The molecule has 0 saturated carbocycles. The van der Waals surface area contributed by atoms with Crippen LogP contribution in [0, 0.1) is 0 Å². The van der Waals surface area contributed by atoms with E-state index < -0.39 is 10.0 Å². The molecule has 1 aliphatic rings. The molecule has 0 unspecified atom stereocenters. The van der Waals surface area contributed by atoms with Gasteiger partial charge in [0, 0.05) is 50.0 Å². The highest BCUT2D eigenvalue weighted by Crippen LogP contribution is 2.20. The summed E-state index contributed by atoms with van der Waals surface area (Å²) in [6.07, 6.45) is 0. The smallest absolute Gasteiger partial charge is 0.240 e. The number of ether oxygens (including phenoxy) is 1. The zero-order valence-electron chi connectivity index (χ0n) is 15.3. The Bertz CT molecular complexity index is 834. The third-order valence-electron chi connectivity index (χ3n) is 4.65. The van der Waals surface area contributed by atoms with Crippen LogP contribution in [0.1, 0.15) is 0 Å². The Morgan fingerprint density at radius 2 is 1.63 bits per heavy atom. The van der Waals surface area contributed by atoms with Crippen LogP contribution in [0.3, 0.4) is 0 Å². The number of nitrogens with one attached hydrogen (secondary N) is 1. The van der Waals surface area contributed by atoms with Crippen LogP contribution in [0.2, 0.25) is 5.02 Å². The number of hydrogen-bond donors (Lipinski definition) is 1. The summed E-state index contributed by atoms with van der Waals surface area (Å²) in [6.45, 7) is 4.69. The fraction of sp³-hybridized carbons (Fsp3) is 0.368. The van der Waals surface area contributed by atoms with Crippen LogP contribution in [0.5, 0.6) is 5.75 Å². The number of sulfonamides is 1. The van der Waals surface area contributed by atoms with Gasteiger partial charge in [0.25, 0.3) is 0 Å². The van der Waals surface area contributed by atoms with Crippen molar-refractivity contribution in [2.45, 2.75) is 4.90 Å². The maximum Gasteiger partial charge on any atom is 0.240 e. The van der Waals surface area contributed by atoms with Crippen molar-refractivity contribution in [2.24, 2.45) is 0 Å². The Balaban J connectivity index is 1.44. The second kappa shape index (κ2) is 8.93. The van der Waals surface area contributed by atoms with Gasteiger partial charge < -0.3 is 9.64 Å². The van der Waals surface area contributed by atoms with Crippen LogP contribution >= 0.6 is 11.6 Å². The molecule has 6 nitrogen and oxygen atoms in total. The number of anilines is 1. The van der Waals surface area contributed by atoms with Gasteiger partial charge in [-0.05, 0) is 48.5 Å². The highest BCUT2D eigenvalue weighted by Gasteiger charge is 2.18. The van der Waals surface area contributed by atoms with Crippen molar-refractivity contribution in [3.8, 4) is 5.75 Å². The number of rotatable bonds is 7. The minimum atomic E-state index is -3.50. The monoisotopic (exact) mass is 409 g/mol. The normalized spacial score (nSPS) is 15.7. The Morgan fingerprint density at radius 3 is 2.22 bits per heavy atom. The molecule has 1 fully saturated rings. The van der Waals surface area contributed by atoms with E-state index in [4.69, 9.17) is 16.3 Å². The van der Waals surface area contributed by atoms with Crippen molar-refractivity contribution in [1.29, 1.82) is 0 Å². The van der Waals surface area contributed by atoms with E-state index in [2.05, 4.69) is 26.7 Å². The van der Waals surface area contributed by atoms with E-state index in [-0.39, 0.29) is 4.90 Å². The average Bonchev–Trinajstić information content (AvgIpc) is 2.69. The number of nitrogens with zero attached hydrogens (tertiary/aromatic N) is 2. The molecule has 0 amide bonds. The van der Waals surface area contributed by atoms with Crippen molar-refractivity contribution >= 4 is 27.3 Å². The fourth-order valence-electron chi connectivity index (χ4n) is 3.06. The molecule has 3 rings (SSSR count). The largest absolute Gasteiger partial charge is 0.497 e. The van der Waals surface area contributed by atoms with E-state index in [1.807, 2.05) is 12.1 Å². The molecule has 1 heterocycles. The fourth-order valence-corrected chi connectivity index (χ4v) is 4.20. The van der Waals surface area contributed by atoms with Crippen molar-refractivity contribution in [3.63, 3.8) is 0 Å². The lowest BCUT2D eigenvalue weighted by Crippen LogP contribution is -2.48. The minimum Gasteiger partial charge on any atom is -0.497 e. The summed E-state index contributed by atoms with van der Waals surface area (Å²) in [5.41, 5.74) is 1.18. The SMILES string of the molecule is COc1ccc(N2CCN(CCNS(=O)(=O)c3ccc(Cl)cc3)CC2)cc1. The minimum absolute atomic E-state index is 0.233. The van der Waals surface area contributed by atoms with Crippen LogP contribution in [0.25, 0.3) is 0 Å². The molecular formula is C19H24ClN3O3S. The summed E-state index contributed by atoms with van der Waals surface area (Å²) in [4.78, 5) is 4.83. The van der Waals surface area contributed by atoms with Crippen LogP contribution in [0.4, 0.5) is 5.69 Å². The van der Waals surface area contributed by atoms with Gasteiger partial charge in [-0.2, -0.15) is 0 Å². The molecule has 0 atom stereocenters. The second-order valence-corrected chi connectivity index (χ2v) is 8.58. The van der Waals surface area contributed by atoms with E-state index >= 15 is 0 Å². The average molecular weight is 410 g/mol. The maximum absolute atomic E-state index is 12.3. The van der Waals surface area contributed by atoms with E-state index in [0.717, 1.165) is 31.9 Å². The molecule has 0 spiro atoms. The third kappa shape index (κ3) is 5.35. The summed E-state index contributed by atoms with van der Waals surface area (Å²) in [5.74, 6) is 0.852. The van der Waals surface area contributed by atoms with E-state index in [1.165, 1.54) is 17.8 Å². The van der Waals surface area contributed by atoms with Crippen LogP contribution in [-0.2, 0) is 10.0 Å². The van der Waals surface area contributed by atoms with Crippen molar-refractivity contribution in [3.05, 3.63) is 53.6 Å². The molecule has 1 saturated heterocycles. The van der Waals surface area contributed by atoms with Gasteiger partial charge in [-0.1, -0.05) is 11.6 Å². The standard InChI is InChI=1S/C19H24ClN3O3S/c1-26-18-6-4-17(5-7-18)23-14-12-22(13-15-23)11-10-21-27(24,25)19-8-2-16(20)3-9-19/h2-9,21H,10-15H2,1H3. The highest BCUT2D eigenvalue weighted by molar-refractivity contribution is 7.89. The second-order valence-electron chi connectivity index (χ2n) is 6.38. The Hall–Kier alpha value is -1.80. The number of hydrogen-bond acceptors (Lipinski definition) is 5. The summed E-state index contributed by atoms with van der Waals surface area (Å²) >= 11 is 5.81. The summed E-state index contributed by atoms with van der Waals surface area (Å²) < 4.78 is 32.4. The van der Waals surface area contributed by atoms with Crippen LogP contribution in [-0.4, -0.2) is 59.7 Å². The van der Waals surface area contributed by atoms with E-state index in [0.29, 0.717) is 18.1 Å².